The van der Waals surface area contributed by atoms with Crippen LogP contribution in [0.2, 0.25) is 0 Å². The van der Waals surface area contributed by atoms with E-state index >= 15 is 0 Å². The van der Waals surface area contributed by atoms with E-state index in [1.807, 2.05) is 18.2 Å². The zero-order valence-electron chi connectivity index (χ0n) is 11.5. The summed E-state index contributed by atoms with van der Waals surface area (Å²) in [5.41, 5.74) is 7.50. The van der Waals surface area contributed by atoms with Gasteiger partial charge in [-0.2, -0.15) is 5.26 Å². The molecule has 0 aliphatic carbocycles. The molecule has 102 valence electrons. The van der Waals surface area contributed by atoms with Crippen LogP contribution in [0.1, 0.15) is 18.1 Å². The third-order valence-corrected chi connectivity index (χ3v) is 3.10. The number of ether oxygens (including phenoxy) is 1. The van der Waals surface area contributed by atoms with E-state index in [0.717, 1.165) is 17.9 Å². The molecule has 1 unspecified atom stereocenters. The number of rotatable bonds is 5. The molecule has 0 radical (unpaired) electrons. The number of nitrogens with two attached hydrogens (primary N) is 1. The highest BCUT2D eigenvalue weighted by molar-refractivity contribution is 5.38. The molecule has 0 bridgehead atoms. The Balaban J connectivity index is 2.09. The van der Waals surface area contributed by atoms with Gasteiger partial charge in [0.2, 0.25) is 0 Å². The summed E-state index contributed by atoms with van der Waals surface area (Å²) >= 11 is 0. The minimum absolute atomic E-state index is 0.458. The summed E-state index contributed by atoms with van der Waals surface area (Å²) in [4.78, 5) is 0. The summed E-state index contributed by atoms with van der Waals surface area (Å²) in [7, 11) is 0. The second kappa shape index (κ2) is 6.74. The molecule has 0 aromatic heterocycles. The van der Waals surface area contributed by atoms with Crippen LogP contribution >= 0.6 is 0 Å². The smallest absolute Gasteiger partial charge is 0.127 e. The van der Waals surface area contributed by atoms with Crippen molar-refractivity contribution in [1.82, 2.24) is 0 Å². The summed E-state index contributed by atoms with van der Waals surface area (Å²) in [6, 6.07) is 17.2. The Morgan fingerprint density at radius 1 is 1.15 bits per heavy atom. The molecule has 0 aliphatic heterocycles. The van der Waals surface area contributed by atoms with Gasteiger partial charge in [0, 0.05) is 0 Å². The van der Waals surface area contributed by atoms with Gasteiger partial charge in [-0.25, -0.2) is 0 Å². The van der Waals surface area contributed by atoms with Gasteiger partial charge in [0.1, 0.15) is 11.5 Å². The van der Waals surface area contributed by atoms with E-state index in [1.54, 1.807) is 24.3 Å². The summed E-state index contributed by atoms with van der Waals surface area (Å²) in [5, 5.41) is 8.76. The first-order chi connectivity index (χ1) is 9.71. The fourth-order valence-electron chi connectivity index (χ4n) is 1.96. The number of hydrogen-bond donors (Lipinski definition) is 1. The van der Waals surface area contributed by atoms with Crippen molar-refractivity contribution in [3.63, 3.8) is 0 Å². The molecular formula is C17H18N2O. The van der Waals surface area contributed by atoms with Gasteiger partial charge < -0.3 is 10.5 Å². The van der Waals surface area contributed by atoms with Crippen LogP contribution in [0.5, 0.6) is 11.5 Å². The van der Waals surface area contributed by atoms with Crippen LogP contribution < -0.4 is 10.5 Å². The molecule has 2 aromatic rings. The van der Waals surface area contributed by atoms with Crippen LogP contribution in [-0.2, 0) is 6.42 Å². The van der Waals surface area contributed by atoms with Gasteiger partial charge in [-0.05, 0) is 60.8 Å². The monoisotopic (exact) mass is 266 g/mol. The lowest BCUT2D eigenvalue weighted by Gasteiger charge is -2.10. The van der Waals surface area contributed by atoms with Crippen molar-refractivity contribution in [2.24, 2.45) is 11.7 Å². The minimum atomic E-state index is 0.458. The first-order valence-corrected chi connectivity index (χ1v) is 6.68. The third-order valence-electron chi connectivity index (χ3n) is 3.10. The van der Waals surface area contributed by atoms with E-state index in [1.165, 1.54) is 5.56 Å². The number of benzene rings is 2. The molecule has 3 heteroatoms. The van der Waals surface area contributed by atoms with E-state index in [4.69, 9.17) is 15.7 Å². The van der Waals surface area contributed by atoms with Gasteiger partial charge in [0.15, 0.2) is 0 Å². The lowest BCUT2D eigenvalue weighted by Crippen LogP contribution is -2.12. The molecule has 0 heterocycles. The maximum atomic E-state index is 8.76. The molecule has 2 rings (SSSR count). The topological polar surface area (TPSA) is 59.0 Å². The fraction of sp³-hybridized carbons (Fsp3) is 0.235. The summed E-state index contributed by atoms with van der Waals surface area (Å²) in [6.07, 6.45) is 0.946. The first-order valence-electron chi connectivity index (χ1n) is 6.68. The highest BCUT2D eigenvalue weighted by atomic mass is 16.5. The molecule has 0 aliphatic rings. The standard InChI is InChI=1S/C17H18N2O/c1-13(11-18)9-15-3-2-4-17(10-15)20-16-7-5-14(12-19)6-8-16/h2-8,10,13H,9,11,18H2,1H3. The molecule has 3 nitrogen and oxygen atoms in total. The van der Waals surface area contributed by atoms with Crippen molar-refractivity contribution in [3.8, 4) is 17.6 Å². The predicted octanol–water partition coefficient (Wildman–Crippen LogP) is 3.49. The summed E-state index contributed by atoms with van der Waals surface area (Å²) < 4.78 is 5.79. The van der Waals surface area contributed by atoms with Gasteiger partial charge in [0.25, 0.3) is 0 Å². The molecule has 20 heavy (non-hydrogen) atoms. The van der Waals surface area contributed by atoms with Crippen LogP contribution in [0.15, 0.2) is 48.5 Å². The zero-order chi connectivity index (χ0) is 14.4. The highest BCUT2D eigenvalue weighted by Crippen LogP contribution is 2.23. The Morgan fingerprint density at radius 3 is 2.55 bits per heavy atom. The second-order valence-electron chi connectivity index (χ2n) is 4.93. The van der Waals surface area contributed by atoms with Gasteiger partial charge in [-0.15, -0.1) is 0 Å². The molecule has 2 N–H and O–H groups in total. The van der Waals surface area contributed by atoms with E-state index in [9.17, 15) is 0 Å². The van der Waals surface area contributed by atoms with Crippen molar-refractivity contribution in [2.45, 2.75) is 13.3 Å². The minimum Gasteiger partial charge on any atom is -0.457 e. The van der Waals surface area contributed by atoms with Crippen LogP contribution in [0.4, 0.5) is 0 Å². The normalized spacial score (nSPS) is 11.7. The van der Waals surface area contributed by atoms with Gasteiger partial charge in [-0.3, -0.25) is 0 Å². The molecule has 0 spiro atoms. The maximum absolute atomic E-state index is 8.76. The average Bonchev–Trinajstić information content (AvgIpc) is 2.48. The quantitative estimate of drug-likeness (QED) is 0.901. The van der Waals surface area contributed by atoms with E-state index in [2.05, 4.69) is 19.1 Å². The van der Waals surface area contributed by atoms with Crippen molar-refractivity contribution in [2.75, 3.05) is 6.54 Å². The molecule has 0 amide bonds. The Bertz CT molecular complexity index is 599. The zero-order valence-corrected chi connectivity index (χ0v) is 11.5. The lowest BCUT2D eigenvalue weighted by molar-refractivity contribution is 0.481. The Kier molecular flexibility index (Phi) is 4.75. The van der Waals surface area contributed by atoms with Gasteiger partial charge in [-0.1, -0.05) is 19.1 Å². The molecule has 0 fully saturated rings. The van der Waals surface area contributed by atoms with Crippen molar-refractivity contribution >= 4 is 0 Å². The average molecular weight is 266 g/mol. The number of hydrogen-bond acceptors (Lipinski definition) is 3. The van der Waals surface area contributed by atoms with Crippen LogP contribution in [-0.4, -0.2) is 6.54 Å². The molecule has 1 atom stereocenters. The Hall–Kier alpha value is -2.31. The maximum Gasteiger partial charge on any atom is 0.127 e. The van der Waals surface area contributed by atoms with Crippen molar-refractivity contribution < 1.29 is 4.74 Å². The number of nitriles is 1. The SMILES string of the molecule is CC(CN)Cc1cccc(Oc2ccc(C#N)cc2)c1. The lowest BCUT2D eigenvalue weighted by atomic mass is 10.0. The first kappa shape index (κ1) is 14.1. The van der Waals surface area contributed by atoms with Crippen molar-refractivity contribution in [1.29, 1.82) is 5.26 Å². The summed E-state index contributed by atoms with van der Waals surface area (Å²) in [6.45, 7) is 2.81. The fourth-order valence-corrected chi connectivity index (χ4v) is 1.96. The van der Waals surface area contributed by atoms with Gasteiger partial charge in [0.05, 0.1) is 11.6 Å². The number of nitrogens with zero attached hydrogens (tertiary/aromatic N) is 1. The molecule has 2 aromatic carbocycles. The van der Waals surface area contributed by atoms with Crippen LogP contribution in [0, 0.1) is 17.2 Å². The highest BCUT2D eigenvalue weighted by Gasteiger charge is 2.03. The molecular weight excluding hydrogens is 248 g/mol. The van der Waals surface area contributed by atoms with E-state index in [0.29, 0.717) is 18.0 Å². The second-order valence-corrected chi connectivity index (χ2v) is 4.93. The Morgan fingerprint density at radius 2 is 1.90 bits per heavy atom. The third kappa shape index (κ3) is 3.84. The largest absolute Gasteiger partial charge is 0.457 e. The summed E-state index contributed by atoms with van der Waals surface area (Å²) in [5.74, 6) is 1.99. The Labute approximate surface area is 119 Å². The van der Waals surface area contributed by atoms with Crippen LogP contribution in [0.25, 0.3) is 0 Å². The van der Waals surface area contributed by atoms with E-state index in [-0.39, 0.29) is 0 Å². The molecule has 0 saturated carbocycles. The molecule has 0 saturated heterocycles. The predicted molar refractivity (Wildman–Crippen MR) is 79.6 cm³/mol. The van der Waals surface area contributed by atoms with Gasteiger partial charge >= 0.3 is 0 Å². The van der Waals surface area contributed by atoms with E-state index < -0.39 is 0 Å². The van der Waals surface area contributed by atoms with Crippen LogP contribution in [0.3, 0.4) is 0 Å². The van der Waals surface area contributed by atoms with Crippen molar-refractivity contribution in [3.05, 3.63) is 59.7 Å².